The predicted molar refractivity (Wildman–Crippen MR) is 78.5 cm³/mol. The standard InChI is InChI=1S/C15H26N2O2/c1-4-9-19-14-7-5-13(6-8-14)15(10-16)17-11-12(2)18-3/h5-8,12,15,17H,4,9-11,16H2,1-3H3. The highest BCUT2D eigenvalue weighted by Crippen LogP contribution is 2.17. The van der Waals surface area contributed by atoms with Gasteiger partial charge >= 0.3 is 0 Å². The molecule has 0 aliphatic carbocycles. The Morgan fingerprint density at radius 1 is 1.26 bits per heavy atom. The SMILES string of the molecule is CCCOc1ccc(C(CN)NCC(C)OC)cc1. The fourth-order valence-corrected chi connectivity index (χ4v) is 1.75. The molecular weight excluding hydrogens is 240 g/mol. The van der Waals surface area contributed by atoms with Crippen molar-refractivity contribution in [1.82, 2.24) is 5.32 Å². The summed E-state index contributed by atoms with van der Waals surface area (Å²) in [5.41, 5.74) is 6.99. The van der Waals surface area contributed by atoms with Crippen LogP contribution < -0.4 is 15.8 Å². The highest BCUT2D eigenvalue weighted by Gasteiger charge is 2.10. The Labute approximate surface area is 116 Å². The van der Waals surface area contributed by atoms with E-state index in [9.17, 15) is 0 Å². The molecule has 1 aromatic carbocycles. The molecule has 0 bridgehead atoms. The molecule has 0 aliphatic rings. The van der Waals surface area contributed by atoms with Crippen molar-refractivity contribution in [1.29, 1.82) is 0 Å². The van der Waals surface area contributed by atoms with Crippen LogP contribution in [0.2, 0.25) is 0 Å². The molecule has 0 amide bonds. The molecule has 0 spiro atoms. The number of hydrogen-bond acceptors (Lipinski definition) is 4. The molecule has 108 valence electrons. The molecule has 0 aromatic heterocycles. The maximum absolute atomic E-state index is 5.82. The smallest absolute Gasteiger partial charge is 0.119 e. The number of benzene rings is 1. The first-order valence-electron chi connectivity index (χ1n) is 6.90. The first-order chi connectivity index (χ1) is 9.21. The van der Waals surface area contributed by atoms with Gasteiger partial charge in [-0.2, -0.15) is 0 Å². The predicted octanol–water partition coefficient (Wildman–Crippen LogP) is 2.10. The maximum atomic E-state index is 5.82. The van der Waals surface area contributed by atoms with Crippen molar-refractivity contribution >= 4 is 0 Å². The van der Waals surface area contributed by atoms with Gasteiger partial charge in [-0.25, -0.2) is 0 Å². The third kappa shape index (κ3) is 5.59. The zero-order chi connectivity index (χ0) is 14.1. The summed E-state index contributed by atoms with van der Waals surface area (Å²) >= 11 is 0. The van der Waals surface area contributed by atoms with Gasteiger partial charge in [-0.15, -0.1) is 0 Å². The third-order valence-electron chi connectivity index (χ3n) is 3.05. The van der Waals surface area contributed by atoms with E-state index in [4.69, 9.17) is 15.2 Å². The molecule has 0 radical (unpaired) electrons. The van der Waals surface area contributed by atoms with Gasteiger partial charge in [0, 0.05) is 26.2 Å². The van der Waals surface area contributed by atoms with Gasteiger partial charge in [0.05, 0.1) is 12.7 Å². The Balaban J connectivity index is 2.55. The zero-order valence-corrected chi connectivity index (χ0v) is 12.2. The first-order valence-corrected chi connectivity index (χ1v) is 6.90. The minimum Gasteiger partial charge on any atom is -0.494 e. The van der Waals surface area contributed by atoms with Gasteiger partial charge in [-0.3, -0.25) is 0 Å². The van der Waals surface area contributed by atoms with Crippen molar-refractivity contribution in [2.24, 2.45) is 5.73 Å². The third-order valence-corrected chi connectivity index (χ3v) is 3.05. The highest BCUT2D eigenvalue weighted by atomic mass is 16.5. The van der Waals surface area contributed by atoms with Gasteiger partial charge in [0.1, 0.15) is 5.75 Å². The van der Waals surface area contributed by atoms with E-state index in [2.05, 4.69) is 24.4 Å². The van der Waals surface area contributed by atoms with E-state index in [1.807, 2.05) is 19.1 Å². The summed E-state index contributed by atoms with van der Waals surface area (Å²) < 4.78 is 10.8. The summed E-state index contributed by atoms with van der Waals surface area (Å²) in [6, 6.07) is 8.27. The first kappa shape index (κ1) is 16.0. The molecule has 0 saturated heterocycles. The molecular formula is C15H26N2O2. The van der Waals surface area contributed by atoms with Crippen molar-refractivity contribution in [3.05, 3.63) is 29.8 Å². The molecule has 0 fully saturated rings. The number of nitrogens with one attached hydrogen (secondary N) is 1. The van der Waals surface area contributed by atoms with Crippen molar-refractivity contribution in [3.63, 3.8) is 0 Å². The highest BCUT2D eigenvalue weighted by molar-refractivity contribution is 5.29. The summed E-state index contributed by atoms with van der Waals surface area (Å²) in [4.78, 5) is 0. The van der Waals surface area contributed by atoms with Crippen LogP contribution in [-0.2, 0) is 4.74 Å². The quantitative estimate of drug-likeness (QED) is 0.718. The molecule has 0 saturated carbocycles. The van der Waals surface area contributed by atoms with Gasteiger partial charge in [0.2, 0.25) is 0 Å². The number of rotatable bonds is 9. The normalized spacial score (nSPS) is 14.1. The van der Waals surface area contributed by atoms with Gasteiger partial charge in [-0.05, 0) is 31.0 Å². The molecule has 3 N–H and O–H groups in total. The van der Waals surface area contributed by atoms with Crippen molar-refractivity contribution in [2.75, 3.05) is 26.8 Å². The Kier molecular flexibility index (Phi) is 7.48. The number of nitrogens with two attached hydrogens (primary N) is 1. The summed E-state index contributed by atoms with van der Waals surface area (Å²) in [6.07, 6.45) is 1.20. The Morgan fingerprint density at radius 3 is 2.47 bits per heavy atom. The van der Waals surface area contributed by atoms with E-state index in [0.29, 0.717) is 6.54 Å². The minimum atomic E-state index is 0.151. The second-order valence-corrected chi connectivity index (χ2v) is 4.66. The van der Waals surface area contributed by atoms with Crippen LogP contribution in [0.5, 0.6) is 5.75 Å². The van der Waals surface area contributed by atoms with Crippen LogP contribution in [0.1, 0.15) is 31.9 Å². The van der Waals surface area contributed by atoms with E-state index in [1.165, 1.54) is 5.56 Å². The number of hydrogen-bond donors (Lipinski definition) is 2. The lowest BCUT2D eigenvalue weighted by Crippen LogP contribution is -2.33. The average molecular weight is 266 g/mol. The lowest BCUT2D eigenvalue weighted by Gasteiger charge is -2.20. The Morgan fingerprint density at radius 2 is 1.95 bits per heavy atom. The van der Waals surface area contributed by atoms with Crippen LogP contribution in [0.4, 0.5) is 0 Å². The van der Waals surface area contributed by atoms with E-state index >= 15 is 0 Å². The van der Waals surface area contributed by atoms with Gasteiger partial charge in [0.15, 0.2) is 0 Å². The van der Waals surface area contributed by atoms with Crippen molar-refractivity contribution < 1.29 is 9.47 Å². The lowest BCUT2D eigenvalue weighted by molar-refractivity contribution is 0.114. The van der Waals surface area contributed by atoms with Crippen LogP contribution in [0.15, 0.2) is 24.3 Å². The van der Waals surface area contributed by atoms with Gasteiger partial charge < -0.3 is 20.5 Å². The van der Waals surface area contributed by atoms with Gasteiger partial charge in [-0.1, -0.05) is 19.1 Å². The van der Waals surface area contributed by atoms with E-state index in [1.54, 1.807) is 7.11 Å². The summed E-state index contributed by atoms with van der Waals surface area (Å²) in [5, 5.41) is 3.41. The van der Waals surface area contributed by atoms with Crippen LogP contribution in [-0.4, -0.2) is 32.9 Å². The molecule has 2 unspecified atom stereocenters. The van der Waals surface area contributed by atoms with Crippen molar-refractivity contribution in [3.8, 4) is 5.75 Å². The lowest BCUT2D eigenvalue weighted by atomic mass is 10.1. The van der Waals surface area contributed by atoms with Crippen LogP contribution in [0.25, 0.3) is 0 Å². The monoisotopic (exact) mass is 266 g/mol. The fraction of sp³-hybridized carbons (Fsp3) is 0.600. The summed E-state index contributed by atoms with van der Waals surface area (Å²) in [6.45, 7) is 6.23. The molecule has 4 nitrogen and oxygen atoms in total. The van der Waals surface area contributed by atoms with Gasteiger partial charge in [0.25, 0.3) is 0 Å². The Bertz CT molecular complexity index is 341. The second kappa shape index (κ2) is 8.91. The molecule has 2 atom stereocenters. The maximum Gasteiger partial charge on any atom is 0.119 e. The second-order valence-electron chi connectivity index (χ2n) is 4.66. The Hall–Kier alpha value is -1.10. The summed E-state index contributed by atoms with van der Waals surface area (Å²) in [7, 11) is 1.71. The molecule has 1 rings (SSSR count). The zero-order valence-electron chi connectivity index (χ0n) is 12.2. The molecule has 0 aliphatic heterocycles. The average Bonchev–Trinajstić information content (AvgIpc) is 2.46. The molecule has 4 heteroatoms. The molecule has 0 heterocycles. The van der Waals surface area contributed by atoms with E-state index in [-0.39, 0.29) is 12.1 Å². The fourth-order valence-electron chi connectivity index (χ4n) is 1.75. The minimum absolute atomic E-state index is 0.151. The molecule has 1 aromatic rings. The topological polar surface area (TPSA) is 56.5 Å². The summed E-state index contributed by atoms with van der Waals surface area (Å²) in [5.74, 6) is 0.909. The number of methoxy groups -OCH3 is 1. The van der Waals surface area contributed by atoms with Crippen LogP contribution in [0, 0.1) is 0 Å². The van der Waals surface area contributed by atoms with E-state index < -0.39 is 0 Å². The largest absolute Gasteiger partial charge is 0.494 e. The van der Waals surface area contributed by atoms with Crippen LogP contribution in [0.3, 0.4) is 0 Å². The number of ether oxygens (including phenoxy) is 2. The molecule has 19 heavy (non-hydrogen) atoms. The van der Waals surface area contributed by atoms with Crippen molar-refractivity contribution in [2.45, 2.75) is 32.4 Å². The van der Waals surface area contributed by atoms with E-state index in [0.717, 1.165) is 25.3 Å². The van der Waals surface area contributed by atoms with Crippen LogP contribution >= 0.6 is 0 Å².